The second-order valence-corrected chi connectivity index (χ2v) is 5.59. The van der Waals surface area contributed by atoms with Crippen molar-refractivity contribution in [3.63, 3.8) is 0 Å². The summed E-state index contributed by atoms with van der Waals surface area (Å²) >= 11 is 11.6. The Labute approximate surface area is 122 Å². The molecule has 1 aromatic heterocycles. The third-order valence-corrected chi connectivity index (χ3v) is 3.85. The fraction of sp³-hybridized carbons (Fsp3) is 0.583. The summed E-state index contributed by atoms with van der Waals surface area (Å²) in [5, 5.41) is 9.39. The van der Waals surface area contributed by atoms with E-state index in [1.54, 1.807) is 0 Å². The van der Waals surface area contributed by atoms with E-state index < -0.39 is 0 Å². The first-order valence-electron chi connectivity index (χ1n) is 6.27. The minimum absolute atomic E-state index is 0.0548. The number of aromatic nitrogens is 2. The normalized spacial score (nSPS) is 24.2. The van der Waals surface area contributed by atoms with Crippen molar-refractivity contribution in [1.29, 1.82) is 0 Å². The van der Waals surface area contributed by atoms with Crippen molar-refractivity contribution in [2.45, 2.75) is 45.2 Å². The average Bonchev–Trinajstić information content (AvgIpc) is 2.37. The van der Waals surface area contributed by atoms with Crippen molar-refractivity contribution in [3.05, 3.63) is 21.9 Å². The molecule has 0 spiro atoms. The van der Waals surface area contributed by atoms with Gasteiger partial charge in [0, 0.05) is 12.1 Å². The van der Waals surface area contributed by atoms with Crippen LogP contribution in [0, 0.1) is 0 Å². The Morgan fingerprint density at radius 2 is 1.95 bits per heavy atom. The summed E-state index contributed by atoms with van der Waals surface area (Å²) < 4.78 is 0. The van der Waals surface area contributed by atoms with Crippen LogP contribution in [0.15, 0.2) is 6.07 Å². The molecule has 1 amide bonds. The second kappa shape index (κ2) is 6.03. The minimum atomic E-state index is -0.303. The number of hydrazine groups is 1. The molecule has 0 saturated carbocycles. The highest BCUT2D eigenvalue weighted by molar-refractivity contribution is 6.34. The van der Waals surface area contributed by atoms with Gasteiger partial charge in [-0.1, -0.05) is 29.6 Å². The van der Waals surface area contributed by atoms with Crippen molar-refractivity contribution >= 4 is 29.1 Å². The van der Waals surface area contributed by atoms with Crippen LogP contribution < -0.4 is 5.43 Å². The summed E-state index contributed by atoms with van der Waals surface area (Å²) in [6, 6.07) is 2.03. The molecule has 2 heterocycles. The number of hydrogen-bond donors (Lipinski definition) is 1. The number of carbonyl (C=O) groups is 1. The topological polar surface area (TPSA) is 58.1 Å². The number of halogens is 2. The zero-order valence-corrected chi connectivity index (χ0v) is 12.4. The van der Waals surface area contributed by atoms with E-state index in [-0.39, 0.29) is 21.8 Å². The van der Waals surface area contributed by atoms with Crippen molar-refractivity contribution in [2.75, 3.05) is 0 Å². The number of piperidine rings is 1. The third kappa shape index (κ3) is 3.35. The smallest absolute Gasteiger partial charge is 0.268 e. The molecule has 0 aliphatic carbocycles. The van der Waals surface area contributed by atoms with E-state index in [1.165, 1.54) is 12.5 Å². The molecule has 2 rings (SSSR count). The monoisotopic (exact) mass is 302 g/mol. The molecule has 0 aromatic carbocycles. The summed E-state index contributed by atoms with van der Waals surface area (Å²) in [6.45, 7) is 4.19. The van der Waals surface area contributed by atoms with Gasteiger partial charge < -0.3 is 0 Å². The predicted molar refractivity (Wildman–Crippen MR) is 74.1 cm³/mol. The van der Waals surface area contributed by atoms with Crippen LogP contribution in [0.4, 0.5) is 0 Å². The first-order chi connectivity index (χ1) is 8.99. The van der Waals surface area contributed by atoms with Gasteiger partial charge in [-0.15, -0.1) is 10.2 Å². The van der Waals surface area contributed by atoms with Crippen molar-refractivity contribution < 1.29 is 4.79 Å². The van der Waals surface area contributed by atoms with Gasteiger partial charge in [0.2, 0.25) is 0 Å². The van der Waals surface area contributed by atoms with Crippen LogP contribution in [-0.2, 0) is 0 Å². The van der Waals surface area contributed by atoms with E-state index in [1.807, 2.05) is 5.01 Å². The molecule has 5 nitrogen and oxygen atoms in total. The lowest BCUT2D eigenvalue weighted by molar-refractivity contribution is 0.0369. The van der Waals surface area contributed by atoms with Gasteiger partial charge in [-0.3, -0.25) is 10.2 Å². The number of nitrogens with zero attached hydrogens (tertiary/aromatic N) is 3. The number of amides is 1. The zero-order chi connectivity index (χ0) is 14.0. The molecule has 7 heteroatoms. The van der Waals surface area contributed by atoms with Crippen molar-refractivity contribution in [2.24, 2.45) is 0 Å². The van der Waals surface area contributed by atoms with E-state index in [0.29, 0.717) is 12.1 Å². The lowest BCUT2D eigenvalue weighted by Crippen LogP contribution is -2.54. The molecule has 2 atom stereocenters. The summed E-state index contributed by atoms with van der Waals surface area (Å²) in [7, 11) is 0. The highest BCUT2D eigenvalue weighted by Gasteiger charge is 2.27. The van der Waals surface area contributed by atoms with Crippen LogP contribution >= 0.6 is 23.2 Å². The van der Waals surface area contributed by atoms with Crippen LogP contribution in [0.1, 0.15) is 43.5 Å². The molecule has 1 N–H and O–H groups in total. The Morgan fingerprint density at radius 1 is 1.32 bits per heavy atom. The van der Waals surface area contributed by atoms with Crippen molar-refractivity contribution in [1.82, 2.24) is 20.6 Å². The maximum absolute atomic E-state index is 12.2. The maximum Gasteiger partial charge on any atom is 0.268 e. The molecule has 1 aromatic rings. The van der Waals surface area contributed by atoms with Crippen LogP contribution in [0.5, 0.6) is 0 Å². The fourth-order valence-corrected chi connectivity index (χ4v) is 2.66. The molecule has 1 fully saturated rings. The van der Waals surface area contributed by atoms with E-state index in [0.717, 1.165) is 12.8 Å². The fourth-order valence-electron chi connectivity index (χ4n) is 2.33. The van der Waals surface area contributed by atoms with Crippen molar-refractivity contribution in [3.8, 4) is 0 Å². The maximum atomic E-state index is 12.2. The lowest BCUT2D eigenvalue weighted by atomic mass is 10.00. The standard InChI is InChI=1S/C12H16Cl2N4O/c1-7-4-3-5-8(2)18(7)17-12(19)9-6-10(13)15-16-11(9)14/h6-8H,3-5H2,1-2H3,(H,17,19). The van der Waals surface area contributed by atoms with E-state index >= 15 is 0 Å². The number of nitrogens with one attached hydrogen (secondary N) is 1. The van der Waals surface area contributed by atoms with Gasteiger partial charge in [0.1, 0.15) is 0 Å². The largest absolute Gasteiger partial charge is 0.284 e. The van der Waals surface area contributed by atoms with Gasteiger partial charge in [-0.2, -0.15) is 0 Å². The van der Waals surface area contributed by atoms with Gasteiger partial charge in [-0.25, -0.2) is 5.01 Å². The molecule has 19 heavy (non-hydrogen) atoms. The molecular formula is C12H16Cl2N4O. The van der Waals surface area contributed by atoms with Crippen LogP contribution in [0.3, 0.4) is 0 Å². The molecule has 104 valence electrons. The molecule has 1 saturated heterocycles. The van der Waals surface area contributed by atoms with Gasteiger partial charge >= 0.3 is 0 Å². The Balaban J connectivity index is 2.14. The lowest BCUT2D eigenvalue weighted by Gasteiger charge is -2.38. The van der Waals surface area contributed by atoms with Gasteiger partial charge in [-0.05, 0) is 32.8 Å². The zero-order valence-electron chi connectivity index (χ0n) is 10.9. The van der Waals surface area contributed by atoms with Crippen LogP contribution in [0.25, 0.3) is 0 Å². The quantitative estimate of drug-likeness (QED) is 0.912. The van der Waals surface area contributed by atoms with E-state index in [9.17, 15) is 4.79 Å². The third-order valence-electron chi connectivity index (χ3n) is 3.39. The Bertz CT molecular complexity index is 473. The summed E-state index contributed by atoms with van der Waals surface area (Å²) in [4.78, 5) is 12.2. The SMILES string of the molecule is CC1CCCC(C)N1NC(=O)c1cc(Cl)nnc1Cl. The minimum Gasteiger partial charge on any atom is -0.284 e. The molecule has 0 bridgehead atoms. The first-order valence-corrected chi connectivity index (χ1v) is 7.02. The van der Waals surface area contributed by atoms with E-state index in [4.69, 9.17) is 23.2 Å². The van der Waals surface area contributed by atoms with Gasteiger partial charge in [0.25, 0.3) is 5.91 Å². The predicted octanol–water partition coefficient (Wildman–Crippen LogP) is 2.69. The van der Waals surface area contributed by atoms with Gasteiger partial charge in [0.05, 0.1) is 5.56 Å². The summed E-state index contributed by atoms with van der Waals surface area (Å²) in [5.41, 5.74) is 3.13. The Hall–Kier alpha value is -0.910. The highest BCUT2D eigenvalue weighted by Crippen LogP contribution is 2.21. The second-order valence-electron chi connectivity index (χ2n) is 4.85. The average molecular weight is 303 g/mol. The number of carbonyl (C=O) groups excluding carboxylic acids is 1. The van der Waals surface area contributed by atoms with E-state index in [2.05, 4.69) is 29.5 Å². The molecule has 1 aliphatic heterocycles. The van der Waals surface area contributed by atoms with Crippen LogP contribution in [0.2, 0.25) is 10.3 Å². The van der Waals surface area contributed by atoms with Gasteiger partial charge in [0.15, 0.2) is 10.3 Å². The molecule has 2 unspecified atom stereocenters. The first kappa shape index (κ1) is 14.5. The Morgan fingerprint density at radius 3 is 2.58 bits per heavy atom. The number of hydrogen-bond acceptors (Lipinski definition) is 4. The molecule has 1 aliphatic rings. The summed E-state index contributed by atoms with van der Waals surface area (Å²) in [5.74, 6) is -0.303. The molecular weight excluding hydrogens is 287 g/mol. The molecule has 0 radical (unpaired) electrons. The number of rotatable bonds is 2. The highest BCUT2D eigenvalue weighted by atomic mass is 35.5. The summed E-state index contributed by atoms with van der Waals surface area (Å²) in [6.07, 6.45) is 3.31. The van der Waals surface area contributed by atoms with Crippen LogP contribution in [-0.4, -0.2) is 33.2 Å². The Kier molecular flexibility index (Phi) is 4.60.